The van der Waals surface area contributed by atoms with Gasteiger partial charge in [-0.25, -0.2) is 0 Å². The molecule has 1 unspecified atom stereocenters. The number of aromatic nitrogens is 1. The summed E-state index contributed by atoms with van der Waals surface area (Å²) in [6, 6.07) is 12.8. The third kappa shape index (κ3) is 3.00. The number of pyridine rings is 1. The summed E-state index contributed by atoms with van der Waals surface area (Å²) < 4.78 is 0. The maximum Gasteiger partial charge on any atom is 0.0743 e. The Morgan fingerprint density at radius 1 is 1.24 bits per heavy atom. The Morgan fingerprint density at radius 2 is 2.05 bits per heavy atom. The number of hydrogen-bond acceptors (Lipinski definition) is 4. The molecule has 0 radical (unpaired) electrons. The number of aryl methyl sites for hydroxylation is 1. The van der Waals surface area contributed by atoms with E-state index in [0.29, 0.717) is 11.7 Å². The fraction of sp³-hybridized carbons (Fsp3) is 0.235. The Bertz CT molecular complexity index is 764. The Morgan fingerprint density at radius 3 is 2.81 bits per heavy atom. The van der Waals surface area contributed by atoms with E-state index >= 15 is 0 Å². The molecule has 0 amide bonds. The molecule has 3 N–H and O–H groups in total. The fourth-order valence-corrected chi connectivity index (χ4v) is 3.53. The zero-order valence-corrected chi connectivity index (χ0v) is 13.1. The van der Waals surface area contributed by atoms with E-state index in [4.69, 9.17) is 5.73 Å². The fourth-order valence-electron chi connectivity index (χ4n) is 2.51. The van der Waals surface area contributed by atoms with Gasteiger partial charge in [0.2, 0.25) is 0 Å². The van der Waals surface area contributed by atoms with Crippen molar-refractivity contribution in [2.75, 3.05) is 11.1 Å². The molecule has 3 rings (SSSR count). The van der Waals surface area contributed by atoms with Gasteiger partial charge in [-0.15, -0.1) is 11.3 Å². The number of nitrogens with two attached hydrogens (primary N) is 1. The van der Waals surface area contributed by atoms with Crippen LogP contribution in [0.15, 0.2) is 42.6 Å². The Labute approximate surface area is 128 Å². The molecule has 1 aromatic carbocycles. The van der Waals surface area contributed by atoms with E-state index in [1.165, 1.54) is 9.75 Å². The molecule has 0 aliphatic carbocycles. The zero-order chi connectivity index (χ0) is 14.8. The molecule has 3 aromatic rings. The second-order valence-corrected chi connectivity index (χ2v) is 6.74. The second-order valence-electron chi connectivity index (χ2n) is 5.37. The molecule has 0 bridgehead atoms. The molecule has 4 heteroatoms. The minimum atomic E-state index is 0.316. The van der Waals surface area contributed by atoms with Crippen molar-refractivity contribution in [2.24, 2.45) is 0 Å². The molecular formula is C17H19N3S. The molecule has 0 saturated heterocycles. The molecule has 0 saturated carbocycles. The largest absolute Gasteiger partial charge is 0.396 e. The number of nitrogens with one attached hydrogen (secondary N) is 1. The number of para-hydroxylation sites is 1. The van der Waals surface area contributed by atoms with Crippen molar-refractivity contribution in [3.63, 3.8) is 0 Å². The number of fused-ring (bicyclic) bond motifs is 1. The third-order valence-corrected chi connectivity index (χ3v) is 4.52. The summed E-state index contributed by atoms with van der Waals surface area (Å²) in [5.74, 6) is 0. The number of nitrogens with zero attached hydrogens (tertiary/aromatic N) is 1. The molecule has 0 aliphatic heterocycles. The number of rotatable bonds is 4. The maximum absolute atomic E-state index is 6.11. The second kappa shape index (κ2) is 5.74. The van der Waals surface area contributed by atoms with Crippen LogP contribution >= 0.6 is 11.3 Å². The van der Waals surface area contributed by atoms with E-state index in [9.17, 15) is 0 Å². The molecular weight excluding hydrogens is 278 g/mol. The Balaban J connectivity index is 1.85. The summed E-state index contributed by atoms with van der Waals surface area (Å²) >= 11 is 1.85. The van der Waals surface area contributed by atoms with Crippen molar-refractivity contribution in [3.05, 3.63) is 52.3 Å². The van der Waals surface area contributed by atoms with Crippen LogP contribution in [0.3, 0.4) is 0 Å². The quantitative estimate of drug-likeness (QED) is 0.757. The van der Waals surface area contributed by atoms with Crippen LogP contribution in [-0.4, -0.2) is 11.0 Å². The molecule has 0 spiro atoms. The van der Waals surface area contributed by atoms with Gasteiger partial charge in [0.1, 0.15) is 0 Å². The summed E-state index contributed by atoms with van der Waals surface area (Å²) in [7, 11) is 0. The first-order chi connectivity index (χ1) is 10.1. The van der Waals surface area contributed by atoms with Crippen LogP contribution in [0, 0.1) is 6.92 Å². The summed E-state index contributed by atoms with van der Waals surface area (Å²) in [6.07, 6.45) is 2.72. The standard InChI is InChI=1S/C17H19N3S/c1-11(9-13-8-7-12(2)21-13)20-17-14-5-3-4-6-16(14)19-10-15(17)18/h3-8,10-11H,9,18H2,1-2H3,(H,19,20). The van der Waals surface area contributed by atoms with Crippen LogP contribution in [0.4, 0.5) is 11.4 Å². The monoisotopic (exact) mass is 297 g/mol. The molecule has 2 heterocycles. The van der Waals surface area contributed by atoms with Crippen molar-refractivity contribution in [1.29, 1.82) is 0 Å². The summed E-state index contributed by atoms with van der Waals surface area (Å²) in [4.78, 5) is 7.12. The lowest BCUT2D eigenvalue weighted by Gasteiger charge is -2.18. The predicted molar refractivity (Wildman–Crippen MR) is 92.0 cm³/mol. The van der Waals surface area contributed by atoms with Crippen molar-refractivity contribution < 1.29 is 0 Å². The topological polar surface area (TPSA) is 50.9 Å². The van der Waals surface area contributed by atoms with Gasteiger partial charge in [0.05, 0.1) is 23.1 Å². The van der Waals surface area contributed by atoms with E-state index in [2.05, 4.69) is 42.3 Å². The summed E-state index contributed by atoms with van der Waals surface area (Å²) in [5, 5.41) is 4.63. The third-order valence-electron chi connectivity index (χ3n) is 3.50. The maximum atomic E-state index is 6.11. The van der Waals surface area contributed by atoms with Gasteiger partial charge in [-0.3, -0.25) is 4.98 Å². The number of hydrogen-bond donors (Lipinski definition) is 2. The average Bonchev–Trinajstić information content (AvgIpc) is 2.87. The van der Waals surface area contributed by atoms with E-state index in [1.807, 2.05) is 29.5 Å². The molecule has 0 fully saturated rings. The highest BCUT2D eigenvalue weighted by atomic mass is 32.1. The van der Waals surface area contributed by atoms with Crippen LogP contribution in [-0.2, 0) is 6.42 Å². The molecule has 21 heavy (non-hydrogen) atoms. The zero-order valence-electron chi connectivity index (χ0n) is 12.3. The van der Waals surface area contributed by atoms with Gasteiger partial charge in [-0.1, -0.05) is 18.2 Å². The first kappa shape index (κ1) is 13.9. The minimum absolute atomic E-state index is 0.316. The van der Waals surface area contributed by atoms with Crippen LogP contribution in [0.2, 0.25) is 0 Å². The highest BCUT2D eigenvalue weighted by molar-refractivity contribution is 7.11. The normalized spacial score (nSPS) is 12.5. The van der Waals surface area contributed by atoms with Crippen LogP contribution in [0.5, 0.6) is 0 Å². The van der Waals surface area contributed by atoms with Gasteiger partial charge in [0.15, 0.2) is 0 Å². The summed E-state index contributed by atoms with van der Waals surface area (Å²) in [5.41, 5.74) is 8.76. The van der Waals surface area contributed by atoms with E-state index in [1.54, 1.807) is 6.20 Å². The van der Waals surface area contributed by atoms with Gasteiger partial charge < -0.3 is 11.1 Å². The molecule has 1 atom stereocenters. The molecule has 3 nitrogen and oxygen atoms in total. The highest BCUT2D eigenvalue weighted by Crippen LogP contribution is 2.29. The van der Waals surface area contributed by atoms with E-state index < -0.39 is 0 Å². The Kier molecular flexibility index (Phi) is 3.80. The van der Waals surface area contributed by atoms with Crippen LogP contribution in [0.1, 0.15) is 16.7 Å². The van der Waals surface area contributed by atoms with Crippen molar-refractivity contribution in [1.82, 2.24) is 4.98 Å². The van der Waals surface area contributed by atoms with Crippen molar-refractivity contribution in [2.45, 2.75) is 26.3 Å². The van der Waals surface area contributed by atoms with Crippen LogP contribution in [0.25, 0.3) is 10.9 Å². The van der Waals surface area contributed by atoms with Crippen molar-refractivity contribution in [3.8, 4) is 0 Å². The SMILES string of the molecule is Cc1ccc(CC(C)Nc2c(N)cnc3ccccc23)s1. The minimum Gasteiger partial charge on any atom is -0.396 e. The molecule has 2 aromatic heterocycles. The van der Waals surface area contributed by atoms with Gasteiger partial charge in [0, 0.05) is 27.6 Å². The first-order valence-electron chi connectivity index (χ1n) is 7.08. The molecule has 0 aliphatic rings. The van der Waals surface area contributed by atoms with Gasteiger partial charge in [0.25, 0.3) is 0 Å². The lowest BCUT2D eigenvalue weighted by atomic mass is 10.1. The van der Waals surface area contributed by atoms with Gasteiger partial charge >= 0.3 is 0 Å². The van der Waals surface area contributed by atoms with E-state index in [0.717, 1.165) is 23.0 Å². The van der Waals surface area contributed by atoms with Crippen molar-refractivity contribution >= 4 is 33.6 Å². The molecule has 108 valence electrons. The lowest BCUT2D eigenvalue weighted by Crippen LogP contribution is -2.18. The predicted octanol–water partition coefficient (Wildman–Crippen LogP) is 4.23. The van der Waals surface area contributed by atoms with E-state index in [-0.39, 0.29) is 0 Å². The number of anilines is 2. The van der Waals surface area contributed by atoms with Gasteiger partial charge in [-0.05, 0) is 32.0 Å². The average molecular weight is 297 g/mol. The smallest absolute Gasteiger partial charge is 0.0743 e. The van der Waals surface area contributed by atoms with Gasteiger partial charge in [-0.2, -0.15) is 0 Å². The number of thiophene rings is 1. The number of nitrogen functional groups attached to an aromatic ring is 1. The number of benzene rings is 1. The summed E-state index contributed by atoms with van der Waals surface area (Å²) in [6.45, 7) is 4.32. The van der Waals surface area contributed by atoms with Crippen LogP contribution < -0.4 is 11.1 Å². The lowest BCUT2D eigenvalue weighted by molar-refractivity contribution is 0.802. The first-order valence-corrected chi connectivity index (χ1v) is 7.90. The highest BCUT2D eigenvalue weighted by Gasteiger charge is 2.11. The Hall–Kier alpha value is -2.07.